The number of carbonyl (C=O) groups is 1. The maximum absolute atomic E-state index is 11.8. The molecule has 0 atom stereocenters. The van der Waals surface area contributed by atoms with E-state index in [0.717, 1.165) is 0 Å². The molecule has 2 aromatic rings. The predicted molar refractivity (Wildman–Crippen MR) is 70.7 cm³/mol. The Morgan fingerprint density at radius 2 is 1.63 bits per heavy atom. The molecular weight excluding hydrogens is 242 g/mol. The van der Waals surface area contributed by atoms with Crippen molar-refractivity contribution in [3.8, 4) is 11.8 Å². The van der Waals surface area contributed by atoms with Gasteiger partial charge in [0.2, 0.25) is 5.78 Å². The molecule has 0 saturated heterocycles. The van der Waals surface area contributed by atoms with Crippen molar-refractivity contribution in [2.45, 2.75) is 0 Å². The van der Waals surface area contributed by atoms with Crippen molar-refractivity contribution in [3.63, 3.8) is 0 Å². The molecule has 2 aromatic carbocycles. The molecule has 0 amide bonds. The van der Waals surface area contributed by atoms with Gasteiger partial charge >= 0.3 is 0 Å². The average Bonchev–Trinajstić information content (AvgIpc) is 2.46. The lowest BCUT2D eigenvalue weighted by atomic mass is 10.1. The lowest BCUT2D eigenvalue weighted by Gasteiger charge is -1.94. The van der Waals surface area contributed by atoms with Gasteiger partial charge in [-0.2, -0.15) is 0 Å². The van der Waals surface area contributed by atoms with Crippen LogP contribution in [0.5, 0.6) is 0 Å². The zero-order valence-corrected chi connectivity index (χ0v) is 9.87. The minimum Gasteiger partial charge on any atom is -0.279 e. The number of nitrogens with zero attached hydrogens (tertiary/aromatic N) is 1. The van der Waals surface area contributed by atoms with Crippen molar-refractivity contribution in [1.29, 1.82) is 0 Å². The van der Waals surface area contributed by atoms with E-state index in [1.165, 1.54) is 12.1 Å². The van der Waals surface area contributed by atoms with E-state index in [1.54, 1.807) is 42.5 Å². The molecule has 0 aliphatic heterocycles. The van der Waals surface area contributed by atoms with Crippen molar-refractivity contribution >= 4 is 11.5 Å². The Bertz CT molecular complexity index is 681. The van der Waals surface area contributed by atoms with Crippen molar-refractivity contribution in [3.05, 3.63) is 75.8 Å². The zero-order chi connectivity index (χ0) is 13.7. The van der Waals surface area contributed by atoms with Gasteiger partial charge < -0.3 is 0 Å². The summed E-state index contributed by atoms with van der Waals surface area (Å²) in [5, 5.41) is 10.8. The molecule has 4 heteroatoms. The number of para-hydroxylation sites is 1. The number of ketones is 1. The molecule has 2 rings (SSSR count). The van der Waals surface area contributed by atoms with Crippen LogP contribution >= 0.6 is 0 Å². The summed E-state index contributed by atoms with van der Waals surface area (Å²) in [5.74, 6) is 4.61. The summed E-state index contributed by atoms with van der Waals surface area (Å²) in [4.78, 5) is 22.0. The van der Waals surface area contributed by atoms with Crippen molar-refractivity contribution in [1.82, 2.24) is 0 Å². The monoisotopic (exact) mass is 251 g/mol. The Kier molecular flexibility index (Phi) is 3.70. The van der Waals surface area contributed by atoms with Gasteiger partial charge in [-0.15, -0.1) is 0 Å². The SMILES string of the molecule is O=C(C#Cc1ccccc1[N+](=O)[O-])c1ccccc1. The van der Waals surface area contributed by atoms with Crippen molar-refractivity contribution < 1.29 is 9.72 Å². The second-order valence-corrected chi connectivity index (χ2v) is 3.72. The Morgan fingerprint density at radius 1 is 1.00 bits per heavy atom. The molecule has 0 heterocycles. The molecular formula is C15H9NO3. The zero-order valence-electron chi connectivity index (χ0n) is 9.87. The second-order valence-electron chi connectivity index (χ2n) is 3.72. The summed E-state index contributed by atoms with van der Waals surface area (Å²) in [7, 11) is 0. The normalized spacial score (nSPS) is 9.26. The van der Waals surface area contributed by atoms with Gasteiger partial charge in [-0.05, 0) is 12.0 Å². The third-order valence-corrected chi connectivity index (χ3v) is 2.45. The fourth-order valence-electron chi connectivity index (χ4n) is 1.52. The van der Waals surface area contributed by atoms with E-state index >= 15 is 0 Å². The van der Waals surface area contributed by atoms with E-state index in [4.69, 9.17) is 0 Å². The van der Waals surface area contributed by atoms with Crippen LogP contribution in [-0.4, -0.2) is 10.7 Å². The maximum atomic E-state index is 11.8. The van der Waals surface area contributed by atoms with Gasteiger partial charge in [-0.3, -0.25) is 14.9 Å². The van der Waals surface area contributed by atoms with Crippen LogP contribution in [0.2, 0.25) is 0 Å². The molecule has 0 aromatic heterocycles. The number of Topliss-reactive ketones (excluding diaryl/α,β-unsaturated/α-hetero) is 1. The first kappa shape index (κ1) is 12.5. The predicted octanol–water partition coefficient (Wildman–Crippen LogP) is 2.83. The first-order chi connectivity index (χ1) is 9.18. The van der Waals surface area contributed by atoms with Crippen LogP contribution in [0, 0.1) is 22.0 Å². The molecule has 92 valence electrons. The Morgan fingerprint density at radius 3 is 2.32 bits per heavy atom. The summed E-state index contributed by atoms with van der Waals surface area (Å²) < 4.78 is 0. The van der Waals surface area contributed by atoms with Crippen LogP contribution in [0.3, 0.4) is 0 Å². The maximum Gasteiger partial charge on any atom is 0.284 e. The number of nitro groups is 1. The lowest BCUT2D eigenvalue weighted by Crippen LogP contribution is -1.95. The van der Waals surface area contributed by atoms with Gasteiger partial charge in [-0.1, -0.05) is 48.4 Å². The number of carbonyl (C=O) groups excluding carboxylic acids is 1. The number of benzene rings is 2. The summed E-state index contributed by atoms with van der Waals surface area (Å²) in [6, 6.07) is 14.6. The van der Waals surface area contributed by atoms with Gasteiger partial charge in [0.05, 0.1) is 4.92 Å². The highest BCUT2D eigenvalue weighted by Gasteiger charge is 2.10. The molecule has 0 spiro atoms. The standard InChI is InChI=1S/C15H9NO3/c17-15(13-7-2-1-3-8-13)11-10-12-6-4-5-9-14(12)16(18)19/h1-9H. The van der Waals surface area contributed by atoms with Gasteiger partial charge in [0.1, 0.15) is 5.56 Å². The number of rotatable bonds is 2. The van der Waals surface area contributed by atoms with Gasteiger partial charge in [0.15, 0.2) is 0 Å². The van der Waals surface area contributed by atoms with Gasteiger partial charge in [0.25, 0.3) is 5.69 Å². The van der Waals surface area contributed by atoms with E-state index in [9.17, 15) is 14.9 Å². The third kappa shape index (κ3) is 3.05. The molecule has 0 saturated carbocycles. The van der Waals surface area contributed by atoms with Gasteiger partial charge in [0, 0.05) is 11.6 Å². The molecule has 0 N–H and O–H groups in total. The largest absolute Gasteiger partial charge is 0.284 e. The Hall–Kier alpha value is -2.93. The molecule has 0 aliphatic carbocycles. The van der Waals surface area contributed by atoms with Crippen molar-refractivity contribution in [2.24, 2.45) is 0 Å². The van der Waals surface area contributed by atoms with Crippen LogP contribution in [0.15, 0.2) is 54.6 Å². The Labute approximate surface area is 109 Å². The number of hydrogen-bond acceptors (Lipinski definition) is 3. The van der Waals surface area contributed by atoms with Crippen LogP contribution in [0.25, 0.3) is 0 Å². The topological polar surface area (TPSA) is 60.2 Å². The molecule has 4 nitrogen and oxygen atoms in total. The fourth-order valence-corrected chi connectivity index (χ4v) is 1.52. The molecule has 0 unspecified atom stereocenters. The quantitative estimate of drug-likeness (QED) is 0.357. The van der Waals surface area contributed by atoms with Crippen LogP contribution in [0.1, 0.15) is 15.9 Å². The third-order valence-electron chi connectivity index (χ3n) is 2.45. The van der Waals surface area contributed by atoms with Crippen LogP contribution in [0.4, 0.5) is 5.69 Å². The number of hydrogen-bond donors (Lipinski definition) is 0. The summed E-state index contributed by atoms with van der Waals surface area (Å²) in [6.45, 7) is 0. The van der Waals surface area contributed by atoms with E-state index in [1.807, 2.05) is 0 Å². The highest BCUT2D eigenvalue weighted by molar-refractivity contribution is 6.09. The molecule has 0 radical (unpaired) electrons. The Balaban J connectivity index is 2.31. The minimum atomic E-state index is -0.517. The summed E-state index contributed by atoms with van der Waals surface area (Å²) in [5.41, 5.74) is 0.598. The summed E-state index contributed by atoms with van der Waals surface area (Å²) in [6.07, 6.45) is 0. The average molecular weight is 251 g/mol. The van der Waals surface area contributed by atoms with Crippen LogP contribution in [-0.2, 0) is 0 Å². The van der Waals surface area contributed by atoms with E-state index in [0.29, 0.717) is 5.56 Å². The summed E-state index contributed by atoms with van der Waals surface area (Å²) >= 11 is 0. The fraction of sp³-hybridized carbons (Fsp3) is 0. The highest BCUT2D eigenvalue weighted by atomic mass is 16.6. The molecule has 0 aliphatic rings. The van der Waals surface area contributed by atoms with Crippen LogP contribution < -0.4 is 0 Å². The molecule has 0 bridgehead atoms. The minimum absolute atomic E-state index is 0.101. The van der Waals surface area contributed by atoms with E-state index in [2.05, 4.69) is 11.8 Å². The molecule has 19 heavy (non-hydrogen) atoms. The first-order valence-electron chi connectivity index (χ1n) is 5.53. The van der Waals surface area contributed by atoms with Gasteiger partial charge in [-0.25, -0.2) is 0 Å². The van der Waals surface area contributed by atoms with E-state index < -0.39 is 4.92 Å². The highest BCUT2D eigenvalue weighted by Crippen LogP contribution is 2.16. The lowest BCUT2D eigenvalue weighted by molar-refractivity contribution is -0.385. The number of nitro benzene ring substituents is 1. The molecule has 0 fully saturated rings. The van der Waals surface area contributed by atoms with Crippen molar-refractivity contribution in [2.75, 3.05) is 0 Å². The smallest absolute Gasteiger partial charge is 0.279 e. The first-order valence-corrected chi connectivity index (χ1v) is 5.53. The second kappa shape index (κ2) is 5.61. The van der Waals surface area contributed by atoms with E-state index in [-0.39, 0.29) is 17.0 Å².